The van der Waals surface area contributed by atoms with Gasteiger partial charge in [-0.2, -0.15) is 4.31 Å². The van der Waals surface area contributed by atoms with Gasteiger partial charge >= 0.3 is 5.97 Å². The molecule has 0 saturated carbocycles. The van der Waals surface area contributed by atoms with Gasteiger partial charge in [0.1, 0.15) is 0 Å². The molecule has 0 radical (unpaired) electrons. The summed E-state index contributed by atoms with van der Waals surface area (Å²) in [5, 5.41) is 5.50. The quantitative estimate of drug-likeness (QED) is 0.542. The van der Waals surface area contributed by atoms with Gasteiger partial charge in [-0.3, -0.25) is 9.59 Å². The van der Waals surface area contributed by atoms with Crippen molar-refractivity contribution in [2.45, 2.75) is 37.5 Å². The van der Waals surface area contributed by atoms with E-state index in [4.69, 9.17) is 4.74 Å². The van der Waals surface area contributed by atoms with Gasteiger partial charge < -0.3 is 15.4 Å². The van der Waals surface area contributed by atoms with E-state index in [2.05, 4.69) is 20.6 Å². The van der Waals surface area contributed by atoms with Crippen LogP contribution in [0.1, 0.15) is 31.2 Å². The van der Waals surface area contributed by atoms with Crippen LogP contribution in [0.25, 0.3) is 0 Å². The van der Waals surface area contributed by atoms with E-state index in [0.717, 1.165) is 19.3 Å². The fraction of sp³-hybridized carbons (Fsp3) is 0.429. The van der Waals surface area contributed by atoms with Crippen LogP contribution in [-0.4, -0.2) is 60.8 Å². The standard InChI is InChI=1S/C21H27N5O5S/c1-16-6-7-17(32(29,30)26-12-3-2-4-13-26)14-18(16)25-19(27)15-31-20(28)8-11-24-21-22-9-5-10-23-21/h5-7,9-10,14H,2-4,8,11-13,15H2,1H3,(H,25,27)(H,22,23,24). The largest absolute Gasteiger partial charge is 0.456 e. The predicted octanol–water partition coefficient (Wildman–Crippen LogP) is 1.94. The van der Waals surface area contributed by atoms with Crippen molar-refractivity contribution >= 4 is 33.5 Å². The van der Waals surface area contributed by atoms with Crippen molar-refractivity contribution in [1.82, 2.24) is 14.3 Å². The van der Waals surface area contributed by atoms with Crippen molar-refractivity contribution in [3.63, 3.8) is 0 Å². The van der Waals surface area contributed by atoms with E-state index in [0.29, 0.717) is 30.3 Å². The van der Waals surface area contributed by atoms with Crippen LogP contribution in [0.2, 0.25) is 0 Å². The SMILES string of the molecule is Cc1ccc(S(=O)(=O)N2CCCCC2)cc1NC(=O)COC(=O)CCNc1ncccn1. The van der Waals surface area contributed by atoms with Gasteiger partial charge in [0.15, 0.2) is 6.61 Å². The summed E-state index contributed by atoms with van der Waals surface area (Å²) in [6.07, 6.45) is 5.89. The Kier molecular flexibility index (Phi) is 8.12. The Morgan fingerprint density at radius 3 is 2.56 bits per heavy atom. The Hall–Kier alpha value is -3.05. The summed E-state index contributed by atoms with van der Waals surface area (Å²) in [5.41, 5.74) is 1.07. The summed E-state index contributed by atoms with van der Waals surface area (Å²) < 4.78 is 32.2. The number of carbonyl (C=O) groups excluding carboxylic acids is 2. The van der Waals surface area contributed by atoms with Crippen LogP contribution in [0.3, 0.4) is 0 Å². The van der Waals surface area contributed by atoms with Crippen LogP contribution in [0, 0.1) is 6.92 Å². The van der Waals surface area contributed by atoms with E-state index in [1.54, 1.807) is 37.5 Å². The Balaban J connectivity index is 1.51. The number of sulfonamides is 1. The molecule has 2 heterocycles. The second kappa shape index (κ2) is 11.0. The summed E-state index contributed by atoms with van der Waals surface area (Å²) in [4.78, 5) is 32.2. The molecule has 2 aromatic rings. The minimum Gasteiger partial charge on any atom is -0.456 e. The summed E-state index contributed by atoms with van der Waals surface area (Å²) >= 11 is 0. The van der Waals surface area contributed by atoms with Crippen molar-refractivity contribution < 1.29 is 22.7 Å². The fourth-order valence-corrected chi connectivity index (χ4v) is 4.77. The Bertz CT molecular complexity index is 1040. The maximum absolute atomic E-state index is 12.9. The third-order valence-corrected chi connectivity index (χ3v) is 6.87. The molecule has 3 rings (SSSR count). The lowest BCUT2D eigenvalue weighted by Gasteiger charge is -2.26. The van der Waals surface area contributed by atoms with Crippen LogP contribution in [-0.2, 0) is 24.3 Å². The second-order valence-electron chi connectivity index (χ2n) is 7.40. The first-order valence-electron chi connectivity index (χ1n) is 10.4. The molecule has 11 heteroatoms. The van der Waals surface area contributed by atoms with Crippen molar-refractivity contribution in [2.24, 2.45) is 0 Å². The molecule has 1 amide bonds. The number of anilines is 2. The van der Waals surface area contributed by atoms with Crippen molar-refractivity contribution in [3.05, 3.63) is 42.2 Å². The second-order valence-corrected chi connectivity index (χ2v) is 9.34. The highest BCUT2D eigenvalue weighted by Gasteiger charge is 2.26. The molecule has 0 unspecified atom stereocenters. The van der Waals surface area contributed by atoms with E-state index >= 15 is 0 Å². The van der Waals surface area contributed by atoms with Gasteiger partial charge in [0, 0.05) is 37.7 Å². The van der Waals surface area contributed by atoms with Crippen molar-refractivity contribution in [1.29, 1.82) is 0 Å². The summed E-state index contributed by atoms with van der Waals surface area (Å²) in [6.45, 7) is 2.55. The van der Waals surface area contributed by atoms with Crippen LogP contribution in [0.4, 0.5) is 11.6 Å². The maximum atomic E-state index is 12.9. The highest BCUT2D eigenvalue weighted by Crippen LogP contribution is 2.25. The third kappa shape index (κ3) is 6.47. The lowest BCUT2D eigenvalue weighted by atomic mass is 10.2. The van der Waals surface area contributed by atoms with Crippen LogP contribution in [0.15, 0.2) is 41.6 Å². The predicted molar refractivity (Wildman–Crippen MR) is 119 cm³/mol. The first-order valence-corrected chi connectivity index (χ1v) is 11.9. The normalized spacial score (nSPS) is 14.5. The first-order chi connectivity index (χ1) is 15.4. The molecule has 2 N–H and O–H groups in total. The topological polar surface area (TPSA) is 131 Å². The minimum atomic E-state index is -3.62. The number of nitrogens with one attached hydrogen (secondary N) is 2. The van der Waals surface area contributed by atoms with Crippen molar-refractivity contribution in [2.75, 3.05) is 36.9 Å². The number of carbonyl (C=O) groups is 2. The summed E-state index contributed by atoms with van der Waals surface area (Å²) in [6, 6.07) is 6.31. The number of rotatable bonds is 9. The number of ether oxygens (including phenoxy) is 1. The molecule has 172 valence electrons. The Morgan fingerprint density at radius 1 is 1.12 bits per heavy atom. The van der Waals surface area contributed by atoms with Gasteiger partial charge in [0.05, 0.1) is 11.3 Å². The third-order valence-electron chi connectivity index (χ3n) is 4.98. The number of nitrogens with zero attached hydrogens (tertiary/aromatic N) is 3. The molecule has 1 aliphatic heterocycles. The van der Waals surface area contributed by atoms with Gasteiger partial charge in [-0.1, -0.05) is 12.5 Å². The number of hydrogen-bond acceptors (Lipinski definition) is 8. The van der Waals surface area contributed by atoms with Gasteiger partial charge in [-0.25, -0.2) is 18.4 Å². The molecule has 1 aromatic heterocycles. The molecule has 0 bridgehead atoms. The minimum absolute atomic E-state index is 0.0358. The molecule has 1 aromatic carbocycles. The summed E-state index contributed by atoms with van der Waals surface area (Å²) in [5.74, 6) is -0.706. The molecule has 1 saturated heterocycles. The van der Waals surface area contributed by atoms with Gasteiger partial charge in [0.2, 0.25) is 16.0 Å². The van der Waals surface area contributed by atoms with Gasteiger partial charge in [-0.15, -0.1) is 0 Å². The Labute approximate surface area is 187 Å². The maximum Gasteiger partial charge on any atom is 0.308 e. The molecule has 1 fully saturated rings. The zero-order chi connectivity index (χ0) is 23.0. The average molecular weight is 462 g/mol. The molecule has 0 aliphatic carbocycles. The molecule has 0 atom stereocenters. The van der Waals surface area contributed by atoms with E-state index in [9.17, 15) is 18.0 Å². The molecule has 1 aliphatic rings. The van der Waals surface area contributed by atoms with E-state index < -0.39 is 28.5 Å². The monoisotopic (exact) mass is 461 g/mol. The lowest BCUT2D eigenvalue weighted by molar-refractivity contribution is -0.147. The van der Waals surface area contributed by atoms with Crippen molar-refractivity contribution in [3.8, 4) is 0 Å². The van der Waals surface area contributed by atoms with Crippen LogP contribution in [0.5, 0.6) is 0 Å². The Morgan fingerprint density at radius 2 is 1.84 bits per heavy atom. The summed E-state index contributed by atoms with van der Waals surface area (Å²) in [7, 11) is -3.62. The molecular weight excluding hydrogens is 434 g/mol. The number of aryl methyl sites for hydroxylation is 1. The number of esters is 1. The number of aromatic nitrogens is 2. The number of amides is 1. The van der Waals surface area contributed by atoms with E-state index in [1.807, 2.05) is 0 Å². The smallest absolute Gasteiger partial charge is 0.308 e. The van der Waals surface area contributed by atoms with Gasteiger partial charge in [-0.05, 0) is 43.5 Å². The highest BCUT2D eigenvalue weighted by molar-refractivity contribution is 7.89. The zero-order valence-corrected chi connectivity index (χ0v) is 18.7. The average Bonchev–Trinajstić information content (AvgIpc) is 2.80. The molecular formula is C21H27N5O5S. The number of piperidine rings is 1. The molecule has 32 heavy (non-hydrogen) atoms. The number of benzene rings is 1. The number of hydrogen-bond donors (Lipinski definition) is 2. The highest BCUT2D eigenvalue weighted by atomic mass is 32.2. The van der Waals surface area contributed by atoms with Crippen LogP contribution >= 0.6 is 0 Å². The van der Waals surface area contributed by atoms with Gasteiger partial charge in [0.25, 0.3) is 5.91 Å². The molecule has 0 spiro atoms. The van der Waals surface area contributed by atoms with E-state index in [1.165, 1.54) is 10.4 Å². The zero-order valence-electron chi connectivity index (χ0n) is 17.9. The van der Waals surface area contributed by atoms with Crippen LogP contribution < -0.4 is 10.6 Å². The molecule has 10 nitrogen and oxygen atoms in total. The fourth-order valence-electron chi connectivity index (χ4n) is 3.22. The van der Waals surface area contributed by atoms with E-state index in [-0.39, 0.29) is 17.9 Å². The first kappa shape index (κ1) is 23.6. The lowest BCUT2D eigenvalue weighted by Crippen LogP contribution is -2.35.